The van der Waals surface area contributed by atoms with Gasteiger partial charge in [-0.05, 0) is 36.4 Å². The Morgan fingerprint density at radius 1 is 1.22 bits per heavy atom. The molecule has 6 heteroatoms. The third kappa shape index (κ3) is 2.33. The predicted molar refractivity (Wildman–Crippen MR) is 96.4 cm³/mol. The quantitative estimate of drug-likeness (QED) is 0.493. The number of hydrogen-bond acceptors (Lipinski definition) is 5. The molecule has 2 aromatic carbocycles. The zero-order chi connectivity index (χ0) is 15.8. The van der Waals surface area contributed by atoms with Gasteiger partial charge in [-0.25, -0.2) is 4.98 Å². The smallest absolute Gasteiger partial charge is 0.198 e. The monoisotopic (exact) mass is 322 g/mol. The minimum atomic E-state index is 0.122. The van der Waals surface area contributed by atoms with Gasteiger partial charge in [0.05, 0.1) is 32.5 Å². The van der Waals surface area contributed by atoms with Crippen LogP contribution in [-0.2, 0) is 0 Å². The lowest BCUT2D eigenvalue weighted by molar-refractivity contribution is 0.457. The third-order valence-corrected chi connectivity index (χ3v) is 4.64. The van der Waals surface area contributed by atoms with E-state index in [2.05, 4.69) is 20.3 Å². The van der Waals surface area contributed by atoms with Gasteiger partial charge in [-0.2, -0.15) is 0 Å². The van der Waals surface area contributed by atoms with Crippen molar-refractivity contribution in [2.45, 2.75) is 0 Å². The number of aromatic amines is 1. The maximum atomic E-state index is 10.2. The molecule has 3 N–H and O–H groups in total. The minimum absolute atomic E-state index is 0.122. The van der Waals surface area contributed by atoms with Gasteiger partial charge in [0.25, 0.3) is 0 Å². The highest BCUT2D eigenvalue weighted by Crippen LogP contribution is 2.34. The standard InChI is InChI=1S/C17H14N4OS/c1-18-10-2-4-11(5-3-10)19-8-12-15-13(21-17(12)22)6-7-14-16(15)23-9-20-14/h2-9,18,21-22H,1H3. The van der Waals surface area contributed by atoms with Crippen molar-refractivity contribution < 1.29 is 5.11 Å². The number of aromatic hydroxyl groups is 1. The van der Waals surface area contributed by atoms with Crippen molar-refractivity contribution >= 4 is 50.0 Å². The second-order valence-corrected chi connectivity index (χ2v) is 5.99. The molecule has 23 heavy (non-hydrogen) atoms. The molecular weight excluding hydrogens is 308 g/mol. The van der Waals surface area contributed by atoms with Gasteiger partial charge in [0.2, 0.25) is 0 Å². The second-order valence-electron chi connectivity index (χ2n) is 5.13. The molecule has 0 amide bonds. The largest absolute Gasteiger partial charge is 0.494 e. The lowest BCUT2D eigenvalue weighted by Crippen LogP contribution is -1.85. The van der Waals surface area contributed by atoms with E-state index in [1.807, 2.05) is 49.0 Å². The number of aromatic nitrogens is 2. The molecule has 0 bridgehead atoms. The zero-order valence-electron chi connectivity index (χ0n) is 12.4. The van der Waals surface area contributed by atoms with E-state index in [9.17, 15) is 5.11 Å². The van der Waals surface area contributed by atoms with Gasteiger partial charge in [0, 0.05) is 24.3 Å². The summed E-state index contributed by atoms with van der Waals surface area (Å²) >= 11 is 1.56. The van der Waals surface area contributed by atoms with Crippen LogP contribution in [0.1, 0.15) is 5.56 Å². The van der Waals surface area contributed by atoms with Crippen LogP contribution in [-0.4, -0.2) is 28.3 Å². The number of hydrogen-bond donors (Lipinski definition) is 3. The Balaban J connectivity index is 1.82. The van der Waals surface area contributed by atoms with Crippen LogP contribution in [0.4, 0.5) is 11.4 Å². The van der Waals surface area contributed by atoms with Crippen molar-refractivity contribution in [2.75, 3.05) is 12.4 Å². The topological polar surface area (TPSA) is 73.3 Å². The van der Waals surface area contributed by atoms with Crippen molar-refractivity contribution in [3.05, 3.63) is 47.5 Å². The minimum Gasteiger partial charge on any atom is -0.494 e. The molecule has 4 rings (SSSR count). The summed E-state index contributed by atoms with van der Waals surface area (Å²) in [5.74, 6) is 0.122. The first-order chi connectivity index (χ1) is 11.3. The first-order valence-electron chi connectivity index (χ1n) is 7.15. The summed E-state index contributed by atoms with van der Waals surface area (Å²) in [5, 5.41) is 14.2. The highest BCUT2D eigenvalue weighted by atomic mass is 32.1. The molecule has 0 saturated carbocycles. The Kier molecular flexibility index (Phi) is 3.24. The van der Waals surface area contributed by atoms with E-state index in [1.165, 1.54) is 0 Å². The van der Waals surface area contributed by atoms with Crippen molar-refractivity contribution in [3.63, 3.8) is 0 Å². The SMILES string of the molecule is CNc1ccc(N=Cc2c(O)[nH]c3ccc4ncsc4c23)cc1. The van der Waals surface area contributed by atoms with E-state index >= 15 is 0 Å². The van der Waals surface area contributed by atoms with Crippen LogP contribution in [0.2, 0.25) is 0 Å². The molecule has 5 nitrogen and oxygen atoms in total. The highest BCUT2D eigenvalue weighted by Gasteiger charge is 2.13. The molecule has 4 aromatic rings. The maximum absolute atomic E-state index is 10.2. The Labute approximate surface area is 136 Å². The molecule has 0 aliphatic carbocycles. The first-order valence-corrected chi connectivity index (χ1v) is 8.03. The molecule has 0 saturated heterocycles. The van der Waals surface area contributed by atoms with Crippen LogP contribution >= 0.6 is 11.3 Å². The molecule has 0 aliphatic rings. The summed E-state index contributed by atoms with van der Waals surface area (Å²) in [4.78, 5) is 11.8. The molecular formula is C17H14N4OS. The summed E-state index contributed by atoms with van der Waals surface area (Å²) < 4.78 is 1.05. The number of H-pyrrole nitrogens is 1. The lowest BCUT2D eigenvalue weighted by atomic mass is 10.1. The van der Waals surface area contributed by atoms with Crippen LogP contribution in [0.5, 0.6) is 5.88 Å². The van der Waals surface area contributed by atoms with Crippen LogP contribution in [0.15, 0.2) is 46.9 Å². The fraction of sp³-hybridized carbons (Fsp3) is 0.0588. The molecule has 0 radical (unpaired) electrons. The Morgan fingerprint density at radius 2 is 2.04 bits per heavy atom. The van der Waals surface area contributed by atoms with Gasteiger partial charge >= 0.3 is 0 Å². The van der Waals surface area contributed by atoms with E-state index in [0.29, 0.717) is 5.56 Å². The number of anilines is 1. The van der Waals surface area contributed by atoms with Crippen molar-refractivity contribution in [1.82, 2.24) is 9.97 Å². The molecule has 0 unspecified atom stereocenters. The van der Waals surface area contributed by atoms with Gasteiger partial charge in [0.15, 0.2) is 5.88 Å². The van der Waals surface area contributed by atoms with Gasteiger partial charge in [-0.15, -0.1) is 11.3 Å². The van der Waals surface area contributed by atoms with E-state index in [4.69, 9.17) is 0 Å². The highest BCUT2D eigenvalue weighted by molar-refractivity contribution is 7.17. The number of thiazole rings is 1. The molecule has 0 aliphatic heterocycles. The van der Waals surface area contributed by atoms with Gasteiger partial charge < -0.3 is 15.4 Å². The molecule has 2 aromatic heterocycles. The normalized spacial score (nSPS) is 11.7. The summed E-state index contributed by atoms with van der Waals surface area (Å²) in [6.45, 7) is 0. The number of fused-ring (bicyclic) bond motifs is 3. The fourth-order valence-corrected chi connectivity index (χ4v) is 3.44. The van der Waals surface area contributed by atoms with E-state index in [0.717, 1.165) is 32.5 Å². The Hall–Kier alpha value is -2.86. The average molecular weight is 322 g/mol. The first kappa shape index (κ1) is 13.8. The maximum Gasteiger partial charge on any atom is 0.198 e. The Morgan fingerprint density at radius 3 is 2.83 bits per heavy atom. The number of aliphatic imine (C=N–C) groups is 1. The van der Waals surface area contributed by atoms with Crippen molar-refractivity contribution in [1.29, 1.82) is 0 Å². The summed E-state index contributed by atoms with van der Waals surface area (Å²) in [5.41, 5.74) is 6.17. The van der Waals surface area contributed by atoms with Gasteiger partial charge in [0.1, 0.15) is 0 Å². The Bertz CT molecular complexity index is 1010. The van der Waals surface area contributed by atoms with E-state index in [1.54, 1.807) is 17.6 Å². The summed E-state index contributed by atoms with van der Waals surface area (Å²) in [7, 11) is 1.88. The molecule has 114 valence electrons. The second kappa shape index (κ2) is 5.40. The van der Waals surface area contributed by atoms with Crippen LogP contribution in [0.3, 0.4) is 0 Å². The molecule has 0 fully saturated rings. The summed E-state index contributed by atoms with van der Waals surface area (Å²) in [6.07, 6.45) is 1.70. The lowest BCUT2D eigenvalue weighted by Gasteiger charge is -1.99. The van der Waals surface area contributed by atoms with E-state index < -0.39 is 0 Å². The number of benzene rings is 2. The third-order valence-electron chi connectivity index (χ3n) is 3.78. The average Bonchev–Trinajstić information content (AvgIpc) is 3.16. The van der Waals surface area contributed by atoms with Crippen molar-refractivity contribution in [3.8, 4) is 5.88 Å². The fourth-order valence-electron chi connectivity index (χ4n) is 2.59. The van der Waals surface area contributed by atoms with Gasteiger partial charge in [-0.3, -0.25) is 4.99 Å². The predicted octanol–water partition coefficient (Wildman–Crippen LogP) is 4.28. The number of nitrogens with zero attached hydrogens (tertiary/aromatic N) is 2. The van der Waals surface area contributed by atoms with Crippen LogP contribution in [0.25, 0.3) is 21.1 Å². The zero-order valence-corrected chi connectivity index (χ0v) is 13.2. The molecule has 2 heterocycles. The van der Waals surface area contributed by atoms with Crippen LogP contribution in [0, 0.1) is 0 Å². The summed E-state index contributed by atoms with van der Waals surface area (Å²) in [6, 6.07) is 11.6. The van der Waals surface area contributed by atoms with Crippen LogP contribution < -0.4 is 5.32 Å². The van der Waals surface area contributed by atoms with Crippen molar-refractivity contribution in [2.24, 2.45) is 4.99 Å². The molecule has 0 atom stereocenters. The number of rotatable bonds is 3. The molecule has 0 spiro atoms. The number of nitrogens with one attached hydrogen (secondary N) is 2. The van der Waals surface area contributed by atoms with Gasteiger partial charge in [-0.1, -0.05) is 0 Å². The van der Waals surface area contributed by atoms with E-state index in [-0.39, 0.29) is 5.88 Å².